The average Bonchev–Trinajstić information content (AvgIpc) is 2.35. The molecule has 1 heterocycles. The summed E-state index contributed by atoms with van der Waals surface area (Å²) in [6, 6.07) is -0.609. The molecule has 1 fully saturated rings. The van der Waals surface area contributed by atoms with Gasteiger partial charge in [0.25, 0.3) is 0 Å². The number of hydrogen-bond acceptors (Lipinski definition) is 5. The Morgan fingerprint density at radius 2 is 2.17 bits per heavy atom. The molecule has 0 saturated carbocycles. The lowest BCUT2D eigenvalue weighted by atomic mass is 9.99. The number of nitrogens with two attached hydrogens (primary N) is 1. The van der Waals surface area contributed by atoms with Gasteiger partial charge < -0.3 is 10.6 Å². The highest BCUT2D eigenvalue weighted by Crippen LogP contribution is 2.22. The highest BCUT2D eigenvalue weighted by atomic mass is 32.2. The van der Waals surface area contributed by atoms with Gasteiger partial charge in [-0.3, -0.25) is 4.79 Å². The molecular formula is C11H22N2O3S2. The van der Waals surface area contributed by atoms with Crippen molar-refractivity contribution >= 4 is 27.5 Å². The molecule has 5 nitrogen and oxygen atoms in total. The summed E-state index contributed by atoms with van der Waals surface area (Å²) in [5.74, 6) is 1.04. The van der Waals surface area contributed by atoms with Crippen molar-refractivity contribution in [2.45, 2.75) is 31.7 Å². The van der Waals surface area contributed by atoms with Crippen LogP contribution < -0.4 is 5.73 Å². The van der Waals surface area contributed by atoms with Crippen LogP contribution in [-0.4, -0.2) is 54.9 Å². The summed E-state index contributed by atoms with van der Waals surface area (Å²) >= 11 is 1.56. The fourth-order valence-corrected chi connectivity index (χ4v) is 4.70. The fourth-order valence-electron chi connectivity index (χ4n) is 1.88. The lowest BCUT2D eigenvalue weighted by Crippen LogP contribution is -2.56. The van der Waals surface area contributed by atoms with Gasteiger partial charge in [0.1, 0.15) is 5.37 Å². The first-order chi connectivity index (χ1) is 8.29. The number of rotatable bonds is 4. The largest absolute Gasteiger partial charge is 0.323 e. The maximum absolute atomic E-state index is 12.3. The molecule has 0 aromatic carbocycles. The summed E-state index contributed by atoms with van der Waals surface area (Å²) in [5, 5.41) is -0.723. The van der Waals surface area contributed by atoms with E-state index in [1.165, 1.54) is 11.2 Å². The minimum atomic E-state index is -3.26. The zero-order valence-corrected chi connectivity index (χ0v) is 12.8. The van der Waals surface area contributed by atoms with Gasteiger partial charge in [-0.25, -0.2) is 8.42 Å². The van der Waals surface area contributed by atoms with E-state index in [1.54, 1.807) is 11.8 Å². The second-order valence-electron chi connectivity index (χ2n) is 4.80. The fraction of sp³-hybridized carbons (Fsp3) is 0.909. The van der Waals surface area contributed by atoms with Gasteiger partial charge in [-0.15, -0.1) is 0 Å². The Labute approximate surface area is 113 Å². The number of carbonyl (C=O) groups excluding carboxylic acids is 1. The lowest BCUT2D eigenvalue weighted by molar-refractivity contribution is -0.134. The number of amides is 1. The van der Waals surface area contributed by atoms with E-state index < -0.39 is 21.3 Å². The molecule has 0 aromatic heterocycles. The summed E-state index contributed by atoms with van der Waals surface area (Å²) in [7, 11) is -3.26. The zero-order valence-electron chi connectivity index (χ0n) is 11.1. The van der Waals surface area contributed by atoms with Gasteiger partial charge in [0.15, 0.2) is 9.84 Å². The van der Waals surface area contributed by atoms with Crippen LogP contribution in [0, 0.1) is 5.92 Å². The Morgan fingerprint density at radius 1 is 1.56 bits per heavy atom. The second-order valence-corrected chi connectivity index (χ2v) is 8.16. The minimum absolute atomic E-state index is 0.0623. The third kappa shape index (κ3) is 3.61. The summed E-state index contributed by atoms with van der Waals surface area (Å²) in [5.41, 5.74) is 5.91. The van der Waals surface area contributed by atoms with Gasteiger partial charge >= 0.3 is 0 Å². The molecule has 3 atom stereocenters. The van der Waals surface area contributed by atoms with E-state index in [1.807, 2.05) is 13.8 Å². The van der Waals surface area contributed by atoms with E-state index in [4.69, 9.17) is 5.73 Å². The van der Waals surface area contributed by atoms with Crippen molar-refractivity contribution in [3.8, 4) is 0 Å². The molecule has 106 valence electrons. The molecule has 0 aromatic rings. The van der Waals surface area contributed by atoms with Crippen LogP contribution in [-0.2, 0) is 14.6 Å². The van der Waals surface area contributed by atoms with Crippen LogP contribution in [0.2, 0.25) is 0 Å². The number of nitrogens with zero attached hydrogens (tertiary/aromatic N) is 1. The molecule has 0 radical (unpaired) electrons. The Hall–Kier alpha value is -0.270. The van der Waals surface area contributed by atoms with Crippen LogP contribution in [0.3, 0.4) is 0 Å². The molecule has 1 rings (SSSR count). The molecule has 18 heavy (non-hydrogen) atoms. The smallest absolute Gasteiger partial charge is 0.240 e. The highest BCUT2D eigenvalue weighted by Gasteiger charge is 2.37. The Bertz CT molecular complexity index is 397. The molecule has 0 aliphatic carbocycles. The first kappa shape index (κ1) is 15.8. The Kier molecular flexibility index (Phi) is 5.48. The first-order valence-electron chi connectivity index (χ1n) is 6.11. The normalized spacial score (nSPS) is 24.7. The van der Waals surface area contributed by atoms with E-state index in [-0.39, 0.29) is 11.8 Å². The van der Waals surface area contributed by atoms with Crippen molar-refractivity contribution in [1.82, 2.24) is 4.90 Å². The van der Waals surface area contributed by atoms with Crippen molar-refractivity contribution in [2.75, 3.05) is 24.3 Å². The van der Waals surface area contributed by atoms with E-state index in [9.17, 15) is 13.2 Å². The molecule has 2 N–H and O–H groups in total. The molecule has 1 aliphatic rings. The zero-order chi connectivity index (χ0) is 13.9. The summed E-state index contributed by atoms with van der Waals surface area (Å²) in [6.07, 6.45) is 1.98. The maximum Gasteiger partial charge on any atom is 0.240 e. The molecule has 1 amide bonds. The van der Waals surface area contributed by atoms with Crippen LogP contribution >= 0.6 is 11.8 Å². The van der Waals surface area contributed by atoms with Crippen molar-refractivity contribution in [2.24, 2.45) is 11.7 Å². The minimum Gasteiger partial charge on any atom is -0.323 e. The first-order valence-corrected chi connectivity index (χ1v) is 9.22. The molecule has 0 spiro atoms. The number of thioether (sulfide) groups is 1. The van der Waals surface area contributed by atoms with Crippen LogP contribution in [0.25, 0.3) is 0 Å². The summed E-state index contributed by atoms with van der Waals surface area (Å²) < 4.78 is 23.4. The predicted octanol–water partition coefficient (Wildman–Crippen LogP) is 0.306. The van der Waals surface area contributed by atoms with Crippen LogP contribution in [0.5, 0.6) is 0 Å². The highest BCUT2D eigenvalue weighted by molar-refractivity contribution is 8.00. The maximum atomic E-state index is 12.3. The van der Waals surface area contributed by atoms with Gasteiger partial charge in [-0.2, -0.15) is 11.8 Å². The van der Waals surface area contributed by atoms with E-state index in [2.05, 4.69) is 0 Å². The second kappa shape index (κ2) is 6.25. The van der Waals surface area contributed by atoms with Gasteiger partial charge in [0.05, 0.1) is 6.04 Å². The van der Waals surface area contributed by atoms with Gasteiger partial charge in [0, 0.05) is 24.3 Å². The van der Waals surface area contributed by atoms with Crippen LogP contribution in [0.15, 0.2) is 0 Å². The number of hydrogen-bond donors (Lipinski definition) is 1. The third-order valence-electron chi connectivity index (χ3n) is 3.40. The van der Waals surface area contributed by atoms with Gasteiger partial charge in [-0.1, -0.05) is 20.3 Å². The van der Waals surface area contributed by atoms with Crippen LogP contribution in [0.4, 0.5) is 0 Å². The topological polar surface area (TPSA) is 80.5 Å². The van der Waals surface area contributed by atoms with Crippen molar-refractivity contribution in [3.63, 3.8) is 0 Å². The summed E-state index contributed by atoms with van der Waals surface area (Å²) in [6.45, 7) is 4.35. The number of sulfone groups is 1. The molecular weight excluding hydrogens is 272 g/mol. The molecule has 7 heteroatoms. The molecule has 1 unspecified atom stereocenters. The lowest BCUT2D eigenvalue weighted by Gasteiger charge is -2.36. The average molecular weight is 294 g/mol. The van der Waals surface area contributed by atoms with Crippen molar-refractivity contribution in [1.29, 1.82) is 0 Å². The van der Waals surface area contributed by atoms with Gasteiger partial charge in [0.2, 0.25) is 5.91 Å². The standard InChI is InChI=1S/C11H22N2O3S2/c1-4-8(2)10(12)11(14)13-5-6-17-7-9(13)18(3,15)16/h8-10H,4-7,12H2,1-3H3/t8-,9?,10-/m0/s1. The van der Waals surface area contributed by atoms with Crippen molar-refractivity contribution < 1.29 is 13.2 Å². The van der Waals surface area contributed by atoms with Crippen molar-refractivity contribution in [3.05, 3.63) is 0 Å². The molecule has 1 aliphatic heterocycles. The van der Waals surface area contributed by atoms with Gasteiger partial charge in [-0.05, 0) is 5.92 Å². The molecule has 1 saturated heterocycles. The predicted molar refractivity (Wildman–Crippen MR) is 75.1 cm³/mol. The Balaban J connectivity index is 2.87. The summed E-state index contributed by atoms with van der Waals surface area (Å²) in [4.78, 5) is 13.7. The molecule has 0 bridgehead atoms. The monoisotopic (exact) mass is 294 g/mol. The van der Waals surface area contributed by atoms with E-state index in [0.29, 0.717) is 12.3 Å². The SMILES string of the molecule is CC[C@H](C)[C@H](N)C(=O)N1CCSCC1S(C)(=O)=O. The van der Waals surface area contributed by atoms with E-state index in [0.717, 1.165) is 12.2 Å². The number of carbonyl (C=O) groups is 1. The Morgan fingerprint density at radius 3 is 2.67 bits per heavy atom. The van der Waals surface area contributed by atoms with E-state index >= 15 is 0 Å². The quantitative estimate of drug-likeness (QED) is 0.807. The van der Waals surface area contributed by atoms with Crippen LogP contribution in [0.1, 0.15) is 20.3 Å². The third-order valence-corrected chi connectivity index (χ3v) is 6.05.